The third-order valence-electron chi connectivity index (χ3n) is 5.39. The van der Waals surface area contributed by atoms with Crippen LogP contribution in [0, 0.1) is 5.41 Å². The Balaban J connectivity index is 1.69. The van der Waals surface area contributed by atoms with Gasteiger partial charge in [-0.05, 0) is 25.0 Å². The van der Waals surface area contributed by atoms with Crippen molar-refractivity contribution in [3.05, 3.63) is 54.6 Å². The molecule has 0 spiro atoms. The summed E-state index contributed by atoms with van der Waals surface area (Å²) in [5.41, 5.74) is 1.44. The van der Waals surface area contributed by atoms with Crippen molar-refractivity contribution in [2.24, 2.45) is 5.41 Å². The zero-order valence-corrected chi connectivity index (χ0v) is 17.3. The molecule has 1 N–H and O–H groups in total. The van der Waals surface area contributed by atoms with Gasteiger partial charge in [0.25, 0.3) is 0 Å². The molecule has 1 aliphatic rings. The molecule has 2 heterocycles. The van der Waals surface area contributed by atoms with Gasteiger partial charge in [-0.1, -0.05) is 42.5 Å². The molecule has 0 radical (unpaired) electrons. The average molecular weight is 412 g/mol. The maximum absolute atomic E-state index is 12.1. The summed E-state index contributed by atoms with van der Waals surface area (Å²) in [7, 11) is -3.11. The Labute approximate surface area is 171 Å². The number of hydrogen-bond donors (Lipinski definition) is 1. The van der Waals surface area contributed by atoms with E-state index in [1.54, 1.807) is 0 Å². The van der Waals surface area contributed by atoms with Crippen molar-refractivity contribution in [3.8, 4) is 11.4 Å². The lowest BCUT2D eigenvalue weighted by Gasteiger charge is -2.37. The molecule has 6 nitrogen and oxygen atoms in total. The first kappa shape index (κ1) is 19.8. The van der Waals surface area contributed by atoms with Crippen molar-refractivity contribution in [1.82, 2.24) is 9.97 Å². The molecule has 152 valence electrons. The lowest BCUT2D eigenvalue weighted by Crippen LogP contribution is -2.41. The summed E-state index contributed by atoms with van der Waals surface area (Å²) in [5, 5.41) is 4.38. The van der Waals surface area contributed by atoms with E-state index in [2.05, 4.69) is 5.32 Å². The fourth-order valence-electron chi connectivity index (χ4n) is 3.93. The zero-order valence-electron chi connectivity index (χ0n) is 16.5. The number of hydrogen-bond acceptors (Lipinski definition) is 6. The Morgan fingerprint density at radius 2 is 1.69 bits per heavy atom. The number of nitrogens with zero attached hydrogens (tertiary/aromatic N) is 2. The van der Waals surface area contributed by atoms with E-state index in [9.17, 15) is 8.42 Å². The maximum atomic E-state index is 12.1. The largest absolute Gasteiger partial charge is 0.381 e. The van der Waals surface area contributed by atoms with E-state index in [1.165, 1.54) is 6.26 Å². The molecule has 0 atom stereocenters. The molecular formula is C22H25N3O3S. The topological polar surface area (TPSA) is 81.2 Å². The number of rotatable bonds is 6. The highest BCUT2D eigenvalue weighted by Crippen LogP contribution is 2.33. The molecule has 0 unspecified atom stereocenters. The number of sulfone groups is 1. The summed E-state index contributed by atoms with van der Waals surface area (Å²) < 4.78 is 29.6. The van der Waals surface area contributed by atoms with E-state index >= 15 is 0 Å². The van der Waals surface area contributed by atoms with Crippen LogP contribution in [0.15, 0.2) is 54.6 Å². The minimum Gasteiger partial charge on any atom is -0.381 e. The van der Waals surface area contributed by atoms with Crippen molar-refractivity contribution >= 4 is 26.6 Å². The molecule has 7 heteroatoms. The summed E-state index contributed by atoms with van der Waals surface area (Å²) in [6, 6.07) is 17.7. The molecule has 0 saturated carbocycles. The molecule has 0 aliphatic carbocycles. The van der Waals surface area contributed by atoms with Gasteiger partial charge in [0.1, 0.15) is 15.7 Å². The van der Waals surface area contributed by atoms with Gasteiger partial charge in [0.15, 0.2) is 5.82 Å². The second-order valence-electron chi connectivity index (χ2n) is 7.82. The van der Waals surface area contributed by atoms with Crippen LogP contribution in [-0.2, 0) is 14.6 Å². The van der Waals surface area contributed by atoms with Crippen LogP contribution in [0.5, 0.6) is 0 Å². The minimum absolute atomic E-state index is 0.144. The van der Waals surface area contributed by atoms with Crippen molar-refractivity contribution in [2.75, 3.05) is 37.1 Å². The predicted octanol–water partition coefficient (Wildman–Crippen LogP) is 3.55. The molecule has 4 rings (SSSR count). The van der Waals surface area contributed by atoms with E-state index < -0.39 is 9.84 Å². The fraction of sp³-hybridized carbons (Fsp3) is 0.364. The first-order chi connectivity index (χ1) is 13.9. The number of aromatic nitrogens is 2. The standard InChI is InChI=1S/C22H25N3O3S/c1-29(26,27)16-22(11-13-28-14-12-22)15-23-21-18-9-5-6-10-19(18)24-20(25-21)17-7-3-2-4-8-17/h2-10H,11-16H2,1H3,(H,23,24,25). The van der Waals surface area contributed by atoms with Gasteiger partial charge in [0.05, 0.1) is 11.3 Å². The van der Waals surface area contributed by atoms with Crippen LogP contribution in [0.1, 0.15) is 12.8 Å². The maximum Gasteiger partial charge on any atom is 0.162 e. The first-order valence-corrected chi connectivity index (χ1v) is 11.8. The lowest BCUT2D eigenvalue weighted by atomic mass is 9.82. The number of fused-ring (bicyclic) bond motifs is 1. The molecule has 3 aromatic rings. The number of benzene rings is 2. The van der Waals surface area contributed by atoms with E-state index in [4.69, 9.17) is 14.7 Å². The summed E-state index contributed by atoms with van der Waals surface area (Å²) in [6.07, 6.45) is 2.72. The molecular weight excluding hydrogens is 386 g/mol. The second kappa shape index (κ2) is 8.08. The third kappa shape index (κ3) is 4.74. The van der Waals surface area contributed by atoms with Crippen LogP contribution in [0.25, 0.3) is 22.3 Å². The molecule has 1 aliphatic heterocycles. The SMILES string of the molecule is CS(=O)(=O)CC1(CNc2nc(-c3ccccc3)nc3ccccc23)CCOCC1. The normalized spacial score (nSPS) is 16.6. The van der Waals surface area contributed by atoms with Crippen LogP contribution in [0.3, 0.4) is 0 Å². The van der Waals surface area contributed by atoms with E-state index in [-0.39, 0.29) is 11.2 Å². The summed E-state index contributed by atoms with van der Waals surface area (Å²) in [4.78, 5) is 9.49. The van der Waals surface area contributed by atoms with Crippen LogP contribution in [0.4, 0.5) is 5.82 Å². The van der Waals surface area contributed by atoms with Gasteiger partial charge < -0.3 is 10.1 Å². The molecule has 2 aromatic carbocycles. The molecule has 1 saturated heterocycles. The van der Waals surface area contributed by atoms with Crippen molar-refractivity contribution in [1.29, 1.82) is 0 Å². The summed E-state index contributed by atoms with van der Waals surface area (Å²) >= 11 is 0. The molecule has 0 amide bonds. The van der Waals surface area contributed by atoms with E-state index in [0.717, 1.165) is 22.3 Å². The van der Waals surface area contributed by atoms with Crippen molar-refractivity contribution < 1.29 is 13.2 Å². The third-order valence-corrected chi connectivity index (χ3v) is 6.52. The Morgan fingerprint density at radius 1 is 1.00 bits per heavy atom. The molecule has 0 bridgehead atoms. The van der Waals surface area contributed by atoms with Gasteiger partial charge in [-0.3, -0.25) is 0 Å². The van der Waals surface area contributed by atoms with Crippen LogP contribution < -0.4 is 5.32 Å². The monoisotopic (exact) mass is 411 g/mol. The lowest BCUT2D eigenvalue weighted by molar-refractivity contribution is 0.0315. The van der Waals surface area contributed by atoms with Crippen molar-refractivity contribution in [2.45, 2.75) is 12.8 Å². The summed E-state index contributed by atoms with van der Waals surface area (Å²) in [5.74, 6) is 1.52. The zero-order chi connectivity index (χ0) is 20.3. The van der Waals surface area contributed by atoms with Gasteiger partial charge >= 0.3 is 0 Å². The number of nitrogens with one attached hydrogen (secondary N) is 1. The van der Waals surface area contributed by atoms with Crippen LogP contribution in [0.2, 0.25) is 0 Å². The van der Waals surface area contributed by atoms with Gasteiger partial charge in [0.2, 0.25) is 0 Å². The molecule has 1 aromatic heterocycles. The highest BCUT2D eigenvalue weighted by Gasteiger charge is 2.36. The summed E-state index contributed by atoms with van der Waals surface area (Å²) in [6.45, 7) is 1.69. The fourth-order valence-corrected chi connectivity index (χ4v) is 5.43. The van der Waals surface area contributed by atoms with E-state index in [1.807, 2.05) is 54.6 Å². The molecule has 29 heavy (non-hydrogen) atoms. The highest BCUT2D eigenvalue weighted by atomic mass is 32.2. The van der Waals surface area contributed by atoms with Crippen LogP contribution >= 0.6 is 0 Å². The van der Waals surface area contributed by atoms with Gasteiger partial charge in [0, 0.05) is 42.4 Å². The Kier molecular flexibility index (Phi) is 5.52. The smallest absolute Gasteiger partial charge is 0.162 e. The van der Waals surface area contributed by atoms with Crippen LogP contribution in [-0.4, -0.2) is 50.2 Å². The van der Waals surface area contributed by atoms with Gasteiger partial charge in [-0.15, -0.1) is 0 Å². The van der Waals surface area contributed by atoms with Crippen molar-refractivity contribution in [3.63, 3.8) is 0 Å². The predicted molar refractivity (Wildman–Crippen MR) is 116 cm³/mol. The number of anilines is 1. The number of para-hydroxylation sites is 1. The Hall–Kier alpha value is -2.51. The Bertz CT molecular complexity index is 1090. The van der Waals surface area contributed by atoms with Gasteiger partial charge in [-0.2, -0.15) is 0 Å². The second-order valence-corrected chi connectivity index (χ2v) is 9.96. The molecule has 1 fully saturated rings. The Morgan fingerprint density at radius 3 is 2.41 bits per heavy atom. The van der Waals surface area contributed by atoms with Gasteiger partial charge in [-0.25, -0.2) is 18.4 Å². The quantitative estimate of drug-likeness (QED) is 0.668. The number of ether oxygens (including phenoxy) is 1. The average Bonchev–Trinajstić information content (AvgIpc) is 2.72. The first-order valence-electron chi connectivity index (χ1n) is 9.76. The highest BCUT2D eigenvalue weighted by molar-refractivity contribution is 7.90. The van der Waals surface area contributed by atoms with E-state index in [0.29, 0.717) is 38.4 Å². The minimum atomic E-state index is -3.11.